The molecule has 0 spiro atoms. The van der Waals surface area contributed by atoms with E-state index < -0.39 is 0 Å². The zero-order chi connectivity index (χ0) is 17.3. The summed E-state index contributed by atoms with van der Waals surface area (Å²) in [6, 6.07) is 1.68. The van der Waals surface area contributed by atoms with Crippen LogP contribution in [-0.4, -0.2) is 74.0 Å². The molecular formula is C15H23N7O2. The van der Waals surface area contributed by atoms with Crippen LogP contribution in [0.4, 0.5) is 0 Å². The zero-order valence-corrected chi connectivity index (χ0v) is 14.5. The third-order valence-corrected chi connectivity index (χ3v) is 4.07. The molecule has 0 fully saturated rings. The molecule has 3 rings (SSSR count). The summed E-state index contributed by atoms with van der Waals surface area (Å²) in [4.78, 5) is 16.9. The molecule has 0 radical (unpaired) electrons. The lowest BCUT2D eigenvalue weighted by molar-refractivity contribution is 0.0537. The van der Waals surface area contributed by atoms with E-state index in [1.807, 2.05) is 32.8 Å². The average Bonchev–Trinajstić information content (AvgIpc) is 3.14. The van der Waals surface area contributed by atoms with E-state index in [0.717, 1.165) is 18.2 Å². The fourth-order valence-electron chi connectivity index (χ4n) is 2.97. The van der Waals surface area contributed by atoms with Crippen molar-refractivity contribution >= 4 is 5.91 Å². The van der Waals surface area contributed by atoms with Crippen molar-refractivity contribution in [3.63, 3.8) is 0 Å². The van der Waals surface area contributed by atoms with Gasteiger partial charge in [-0.05, 0) is 27.9 Å². The molecule has 130 valence electrons. The molecule has 0 bridgehead atoms. The summed E-state index contributed by atoms with van der Waals surface area (Å²) in [5.41, 5.74) is 0.423. The molecule has 0 saturated heterocycles. The normalized spacial score (nSPS) is 17.2. The van der Waals surface area contributed by atoms with Gasteiger partial charge in [0.2, 0.25) is 5.88 Å². The molecule has 0 aliphatic carbocycles. The monoisotopic (exact) mass is 333 g/mol. The molecule has 1 N–H and O–H groups in total. The number of fused-ring (bicyclic) bond motifs is 1. The number of aryl methyl sites for hydroxylation is 1. The predicted molar refractivity (Wildman–Crippen MR) is 86.7 cm³/mol. The van der Waals surface area contributed by atoms with E-state index in [0.29, 0.717) is 31.3 Å². The number of nitrogens with one attached hydrogen (secondary N) is 1. The fourth-order valence-corrected chi connectivity index (χ4v) is 2.97. The van der Waals surface area contributed by atoms with Gasteiger partial charge in [-0.15, -0.1) is 15.3 Å². The van der Waals surface area contributed by atoms with E-state index >= 15 is 0 Å². The number of H-pyrrole nitrogens is 1. The van der Waals surface area contributed by atoms with Gasteiger partial charge in [0.25, 0.3) is 5.91 Å². The van der Waals surface area contributed by atoms with Gasteiger partial charge in [0.1, 0.15) is 11.5 Å². The van der Waals surface area contributed by atoms with E-state index in [-0.39, 0.29) is 11.9 Å². The van der Waals surface area contributed by atoms with Crippen LogP contribution in [0.3, 0.4) is 0 Å². The minimum atomic E-state index is -0.104. The van der Waals surface area contributed by atoms with Gasteiger partial charge >= 0.3 is 0 Å². The Morgan fingerprint density at radius 3 is 2.96 bits per heavy atom. The number of carbonyl (C=O) groups excluding carboxylic acids is 1. The zero-order valence-electron chi connectivity index (χ0n) is 14.5. The first-order valence-corrected chi connectivity index (χ1v) is 8.02. The third-order valence-electron chi connectivity index (χ3n) is 4.07. The molecule has 3 heterocycles. The number of aromatic nitrogens is 5. The molecular weight excluding hydrogens is 310 g/mol. The summed E-state index contributed by atoms with van der Waals surface area (Å²) in [5, 5.41) is 15.1. The van der Waals surface area contributed by atoms with Crippen molar-refractivity contribution in [2.24, 2.45) is 0 Å². The number of hydrogen-bond acceptors (Lipinski definition) is 6. The maximum atomic E-state index is 12.9. The molecule has 1 aliphatic heterocycles. The van der Waals surface area contributed by atoms with E-state index in [1.165, 1.54) is 0 Å². The van der Waals surface area contributed by atoms with Gasteiger partial charge in [-0.3, -0.25) is 9.89 Å². The number of hydrogen-bond donors (Lipinski definition) is 1. The van der Waals surface area contributed by atoms with Crippen LogP contribution in [0.1, 0.15) is 29.1 Å². The van der Waals surface area contributed by atoms with Crippen LogP contribution in [-0.2, 0) is 13.1 Å². The van der Waals surface area contributed by atoms with Crippen molar-refractivity contribution < 1.29 is 9.53 Å². The second-order valence-electron chi connectivity index (χ2n) is 6.18. The molecule has 9 heteroatoms. The lowest BCUT2D eigenvalue weighted by Crippen LogP contribution is -2.51. The Hall–Kier alpha value is -2.42. The number of amides is 1. The second kappa shape index (κ2) is 6.60. The molecule has 1 aliphatic rings. The van der Waals surface area contributed by atoms with Gasteiger partial charge < -0.3 is 19.1 Å². The number of likely N-dealkylation sites (N-methyl/N-ethyl adjacent to an activating group) is 1. The quantitative estimate of drug-likeness (QED) is 0.846. The summed E-state index contributed by atoms with van der Waals surface area (Å²) < 4.78 is 7.41. The smallest absolute Gasteiger partial charge is 0.272 e. The van der Waals surface area contributed by atoms with Crippen LogP contribution in [0.25, 0.3) is 0 Å². The summed E-state index contributed by atoms with van der Waals surface area (Å²) in [5.74, 6) is 2.01. The Labute approximate surface area is 140 Å². The van der Waals surface area contributed by atoms with Crippen LogP contribution >= 0.6 is 0 Å². The Morgan fingerprint density at radius 2 is 2.25 bits per heavy atom. The molecule has 2 aromatic heterocycles. The molecule has 0 aromatic carbocycles. The highest BCUT2D eigenvalue weighted by Gasteiger charge is 2.33. The Morgan fingerprint density at radius 1 is 1.46 bits per heavy atom. The van der Waals surface area contributed by atoms with Gasteiger partial charge in [0, 0.05) is 19.2 Å². The standard InChI is InChI=1S/C15H23N7O2/c1-5-24-14-6-12(17-19-14)15(23)22-9-13-18-16-10(2)21(13)8-11(22)7-20(3)4/h6,11H,5,7-9H2,1-4H3,(H,17,19). The highest BCUT2D eigenvalue weighted by molar-refractivity contribution is 5.92. The molecule has 2 aromatic rings. The van der Waals surface area contributed by atoms with E-state index in [4.69, 9.17) is 4.74 Å². The Bertz CT molecular complexity index is 721. The summed E-state index contributed by atoms with van der Waals surface area (Å²) in [6.45, 7) is 6.20. The minimum Gasteiger partial charge on any atom is -0.477 e. The maximum absolute atomic E-state index is 12.9. The lowest BCUT2D eigenvalue weighted by Gasteiger charge is -2.37. The topological polar surface area (TPSA) is 92.2 Å². The Balaban J connectivity index is 1.86. The van der Waals surface area contributed by atoms with Crippen LogP contribution < -0.4 is 4.74 Å². The van der Waals surface area contributed by atoms with Crippen molar-refractivity contribution in [1.29, 1.82) is 0 Å². The molecule has 1 atom stereocenters. The number of rotatable bonds is 5. The highest BCUT2D eigenvalue weighted by atomic mass is 16.5. The van der Waals surface area contributed by atoms with Crippen LogP contribution in [0.15, 0.2) is 6.07 Å². The summed E-state index contributed by atoms with van der Waals surface area (Å²) in [7, 11) is 4.00. The molecule has 0 saturated carbocycles. The lowest BCUT2D eigenvalue weighted by atomic mass is 10.1. The van der Waals surface area contributed by atoms with Gasteiger partial charge in [0.15, 0.2) is 5.82 Å². The molecule has 9 nitrogen and oxygen atoms in total. The van der Waals surface area contributed by atoms with E-state index in [9.17, 15) is 4.79 Å². The minimum absolute atomic E-state index is 0.0357. The van der Waals surface area contributed by atoms with Crippen LogP contribution in [0, 0.1) is 6.92 Å². The first-order valence-electron chi connectivity index (χ1n) is 8.02. The van der Waals surface area contributed by atoms with Crippen molar-refractivity contribution in [1.82, 2.24) is 34.8 Å². The maximum Gasteiger partial charge on any atom is 0.272 e. The van der Waals surface area contributed by atoms with Crippen molar-refractivity contribution in [2.75, 3.05) is 27.2 Å². The predicted octanol–water partition coefficient (Wildman–Crippen LogP) is 0.295. The van der Waals surface area contributed by atoms with E-state index in [2.05, 4.69) is 29.9 Å². The first kappa shape index (κ1) is 16.4. The van der Waals surface area contributed by atoms with Crippen molar-refractivity contribution in [2.45, 2.75) is 33.0 Å². The Kier molecular flexibility index (Phi) is 4.52. The highest BCUT2D eigenvalue weighted by Crippen LogP contribution is 2.21. The molecule has 1 unspecified atom stereocenters. The van der Waals surface area contributed by atoms with Crippen LogP contribution in [0.5, 0.6) is 5.88 Å². The van der Waals surface area contributed by atoms with Gasteiger partial charge in [-0.2, -0.15) is 0 Å². The molecule has 1 amide bonds. The SMILES string of the molecule is CCOc1cc(C(=O)N2Cc3nnc(C)n3CC2CN(C)C)[nH]n1. The molecule has 24 heavy (non-hydrogen) atoms. The third kappa shape index (κ3) is 3.12. The first-order chi connectivity index (χ1) is 11.5. The average molecular weight is 333 g/mol. The summed E-state index contributed by atoms with van der Waals surface area (Å²) in [6.07, 6.45) is 0. The van der Waals surface area contributed by atoms with Crippen LogP contribution in [0.2, 0.25) is 0 Å². The second-order valence-corrected chi connectivity index (χ2v) is 6.18. The number of nitrogens with zero attached hydrogens (tertiary/aromatic N) is 6. The number of carbonyl (C=O) groups is 1. The van der Waals surface area contributed by atoms with Crippen molar-refractivity contribution in [3.05, 3.63) is 23.4 Å². The van der Waals surface area contributed by atoms with Crippen molar-refractivity contribution in [3.8, 4) is 5.88 Å². The largest absolute Gasteiger partial charge is 0.477 e. The van der Waals surface area contributed by atoms with Gasteiger partial charge in [0.05, 0.1) is 19.2 Å². The van der Waals surface area contributed by atoms with E-state index in [1.54, 1.807) is 6.07 Å². The number of aromatic amines is 1. The van der Waals surface area contributed by atoms with Gasteiger partial charge in [-0.25, -0.2) is 0 Å². The summed E-state index contributed by atoms with van der Waals surface area (Å²) >= 11 is 0. The van der Waals surface area contributed by atoms with Gasteiger partial charge in [-0.1, -0.05) is 0 Å². The number of ether oxygens (including phenoxy) is 1. The fraction of sp³-hybridized carbons (Fsp3) is 0.600.